The first kappa shape index (κ1) is 12.7. The minimum atomic E-state index is 0.618. The van der Waals surface area contributed by atoms with Crippen LogP contribution in [0.5, 0.6) is 0 Å². The van der Waals surface area contributed by atoms with E-state index in [9.17, 15) is 0 Å². The van der Waals surface area contributed by atoms with Crippen LogP contribution in [0.2, 0.25) is 10.0 Å². The van der Waals surface area contributed by atoms with E-state index in [4.69, 9.17) is 34.7 Å². The van der Waals surface area contributed by atoms with Gasteiger partial charge in [0.05, 0.1) is 10.7 Å². The van der Waals surface area contributed by atoms with Crippen LogP contribution in [0.25, 0.3) is 0 Å². The fourth-order valence-electron chi connectivity index (χ4n) is 0.938. The van der Waals surface area contributed by atoms with Gasteiger partial charge >= 0.3 is 0 Å². The maximum atomic E-state index is 5.58. The quantitative estimate of drug-likeness (QED) is 0.702. The molecule has 16 heavy (non-hydrogen) atoms. The second-order valence-electron chi connectivity index (χ2n) is 3.07. The number of benzene rings is 2. The normalized spacial score (nSPS) is 9.12. The predicted octanol–water partition coefficient (Wildman–Crippen LogP) is 3.84. The Hall–Kier alpha value is -1.38. The molecule has 2 aromatic carbocycles. The molecule has 0 aliphatic carbocycles. The minimum absolute atomic E-state index is 0.618. The van der Waals surface area contributed by atoms with E-state index < -0.39 is 0 Å². The summed E-state index contributed by atoms with van der Waals surface area (Å²) < 4.78 is 0. The largest absolute Gasteiger partial charge is 0.399 e. The standard InChI is InChI=1S/2C6H6ClN/c7-5-1-3-6(8)4-2-5;7-5-3-1-2-4-6(5)8/h2*1-4H,8H2. The number of nitrogen functional groups attached to an aromatic ring is 2. The van der Waals surface area contributed by atoms with Crippen LogP contribution in [0.1, 0.15) is 0 Å². The minimum Gasteiger partial charge on any atom is -0.399 e. The van der Waals surface area contributed by atoms with Crippen molar-refractivity contribution in [2.45, 2.75) is 0 Å². The zero-order valence-electron chi connectivity index (χ0n) is 8.53. The highest BCUT2D eigenvalue weighted by molar-refractivity contribution is 6.33. The number of anilines is 2. The van der Waals surface area contributed by atoms with Crippen molar-refractivity contribution in [1.29, 1.82) is 0 Å². The molecule has 0 atom stereocenters. The van der Waals surface area contributed by atoms with Gasteiger partial charge in [0, 0.05) is 10.7 Å². The van der Waals surface area contributed by atoms with Crippen LogP contribution in [0.3, 0.4) is 0 Å². The summed E-state index contributed by atoms with van der Waals surface area (Å²) in [7, 11) is 0. The molecule has 0 spiro atoms. The number of halogens is 2. The second kappa shape index (κ2) is 6.26. The average molecular weight is 255 g/mol. The lowest BCUT2D eigenvalue weighted by atomic mass is 10.3. The van der Waals surface area contributed by atoms with E-state index in [0.717, 1.165) is 10.7 Å². The molecule has 84 valence electrons. The van der Waals surface area contributed by atoms with Crippen molar-refractivity contribution >= 4 is 34.6 Å². The third kappa shape index (κ3) is 4.43. The Morgan fingerprint density at radius 3 is 1.69 bits per heavy atom. The van der Waals surface area contributed by atoms with Crippen molar-refractivity contribution in [3.05, 3.63) is 58.6 Å². The Labute approximate surface area is 105 Å². The topological polar surface area (TPSA) is 52.0 Å². The molecule has 0 heterocycles. The fraction of sp³-hybridized carbons (Fsp3) is 0. The highest BCUT2D eigenvalue weighted by atomic mass is 35.5. The molecule has 4 N–H and O–H groups in total. The first-order chi connectivity index (χ1) is 7.59. The van der Waals surface area contributed by atoms with Gasteiger partial charge in [0.1, 0.15) is 0 Å². The summed E-state index contributed by atoms with van der Waals surface area (Å²) in [6.45, 7) is 0. The molecule has 2 nitrogen and oxygen atoms in total. The zero-order chi connectivity index (χ0) is 12.0. The van der Waals surface area contributed by atoms with Crippen LogP contribution in [0.15, 0.2) is 48.5 Å². The van der Waals surface area contributed by atoms with Crippen molar-refractivity contribution in [2.75, 3.05) is 11.5 Å². The molecule has 0 aromatic heterocycles. The van der Waals surface area contributed by atoms with Crippen molar-refractivity contribution in [2.24, 2.45) is 0 Å². The van der Waals surface area contributed by atoms with E-state index in [-0.39, 0.29) is 0 Å². The van der Waals surface area contributed by atoms with Crippen molar-refractivity contribution < 1.29 is 0 Å². The molecular formula is C12H12Cl2N2. The van der Waals surface area contributed by atoms with Crippen LogP contribution >= 0.6 is 23.2 Å². The smallest absolute Gasteiger partial charge is 0.0635 e. The van der Waals surface area contributed by atoms with Crippen LogP contribution in [0, 0.1) is 0 Å². The van der Waals surface area contributed by atoms with Gasteiger partial charge in [-0.3, -0.25) is 0 Å². The third-order valence-corrected chi connectivity index (χ3v) is 2.37. The molecule has 0 radical (unpaired) electrons. The SMILES string of the molecule is Nc1ccc(Cl)cc1.Nc1ccccc1Cl. The van der Waals surface area contributed by atoms with E-state index in [1.165, 1.54) is 0 Å². The highest BCUT2D eigenvalue weighted by Crippen LogP contribution is 2.15. The second-order valence-corrected chi connectivity index (χ2v) is 3.92. The van der Waals surface area contributed by atoms with Crippen molar-refractivity contribution in [3.8, 4) is 0 Å². The molecule has 4 heteroatoms. The maximum Gasteiger partial charge on any atom is 0.0635 e. The lowest BCUT2D eigenvalue weighted by Gasteiger charge is -1.91. The van der Waals surface area contributed by atoms with Gasteiger partial charge in [-0.15, -0.1) is 0 Å². The zero-order valence-corrected chi connectivity index (χ0v) is 10.0. The summed E-state index contributed by atoms with van der Waals surface area (Å²) in [5.41, 5.74) is 12.1. The molecule has 0 amide bonds. The number of hydrogen-bond acceptors (Lipinski definition) is 2. The van der Waals surface area contributed by atoms with Gasteiger partial charge in [0.15, 0.2) is 0 Å². The van der Waals surface area contributed by atoms with Crippen LogP contribution in [-0.4, -0.2) is 0 Å². The molecule has 2 aromatic rings. The van der Waals surface area contributed by atoms with Crippen LogP contribution < -0.4 is 11.5 Å². The molecule has 0 aliphatic heterocycles. The van der Waals surface area contributed by atoms with Gasteiger partial charge in [-0.25, -0.2) is 0 Å². The molecular weight excluding hydrogens is 243 g/mol. The summed E-state index contributed by atoms with van der Waals surface area (Å²) in [4.78, 5) is 0. The Balaban J connectivity index is 0.000000160. The van der Waals surface area contributed by atoms with Crippen molar-refractivity contribution in [1.82, 2.24) is 0 Å². The monoisotopic (exact) mass is 254 g/mol. The Morgan fingerprint density at radius 2 is 1.31 bits per heavy atom. The van der Waals surface area contributed by atoms with Crippen LogP contribution in [-0.2, 0) is 0 Å². The summed E-state index contributed by atoms with van der Waals surface area (Å²) >= 11 is 11.1. The average Bonchev–Trinajstić information content (AvgIpc) is 2.28. The van der Waals surface area contributed by atoms with Crippen molar-refractivity contribution in [3.63, 3.8) is 0 Å². The highest BCUT2D eigenvalue weighted by Gasteiger charge is 1.87. The number of hydrogen-bond donors (Lipinski definition) is 2. The Morgan fingerprint density at radius 1 is 0.750 bits per heavy atom. The Bertz CT molecular complexity index is 399. The van der Waals surface area contributed by atoms with Gasteiger partial charge in [-0.2, -0.15) is 0 Å². The molecule has 0 fully saturated rings. The molecule has 0 saturated heterocycles. The first-order valence-corrected chi connectivity index (χ1v) is 5.36. The molecule has 0 saturated carbocycles. The maximum absolute atomic E-state index is 5.58. The first-order valence-electron chi connectivity index (χ1n) is 4.60. The molecule has 2 rings (SSSR count). The third-order valence-electron chi connectivity index (χ3n) is 1.78. The summed E-state index contributed by atoms with van der Waals surface area (Å²) in [6, 6.07) is 14.3. The van der Waals surface area contributed by atoms with E-state index in [0.29, 0.717) is 10.7 Å². The lowest BCUT2D eigenvalue weighted by molar-refractivity contribution is 1.68. The molecule has 0 unspecified atom stereocenters. The summed E-state index contributed by atoms with van der Waals surface area (Å²) in [5.74, 6) is 0. The van der Waals surface area contributed by atoms with E-state index in [1.54, 1.807) is 36.4 Å². The van der Waals surface area contributed by atoms with E-state index in [2.05, 4.69) is 0 Å². The summed E-state index contributed by atoms with van der Waals surface area (Å²) in [5, 5.41) is 1.34. The van der Waals surface area contributed by atoms with E-state index >= 15 is 0 Å². The summed E-state index contributed by atoms with van der Waals surface area (Å²) in [6.07, 6.45) is 0. The number of para-hydroxylation sites is 1. The fourth-order valence-corrected chi connectivity index (χ4v) is 1.20. The Kier molecular flexibility index (Phi) is 4.96. The number of rotatable bonds is 0. The van der Waals surface area contributed by atoms with Crippen LogP contribution in [0.4, 0.5) is 11.4 Å². The van der Waals surface area contributed by atoms with Gasteiger partial charge < -0.3 is 11.5 Å². The molecule has 0 bridgehead atoms. The molecule has 0 aliphatic rings. The predicted molar refractivity (Wildman–Crippen MR) is 71.7 cm³/mol. The number of nitrogens with two attached hydrogens (primary N) is 2. The van der Waals surface area contributed by atoms with Gasteiger partial charge in [0.2, 0.25) is 0 Å². The van der Waals surface area contributed by atoms with E-state index in [1.807, 2.05) is 12.1 Å². The lowest BCUT2D eigenvalue weighted by Crippen LogP contribution is -1.82. The van der Waals surface area contributed by atoms with Gasteiger partial charge in [0.25, 0.3) is 0 Å². The van der Waals surface area contributed by atoms with Gasteiger partial charge in [-0.05, 0) is 36.4 Å². The van der Waals surface area contributed by atoms with Gasteiger partial charge in [-0.1, -0.05) is 35.3 Å².